The number of carbonyl (C=O) groups is 2. The smallest absolute Gasteiger partial charge is 0.260 e. The molecule has 3 rings (SSSR count). The van der Waals surface area contributed by atoms with Crippen molar-refractivity contribution in [1.82, 2.24) is 4.90 Å². The van der Waals surface area contributed by atoms with Gasteiger partial charge in [0.1, 0.15) is 11.5 Å². The molecule has 0 radical (unpaired) electrons. The average molecular weight is 413 g/mol. The molecule has 1 N–H and O–H groups in total. The molecule has 0 atom stereocenters. The Morgan fingerprint density at radius 1 is 1.03 bits per heavy atom. The summed E-state index contributed by atoms with van der Waals surface area (Å²) in [5.74, 6) is 0.397. The Morgan fingerprint density at radius 3 is 2.55 bits per heavy atom. The van der Waals surface area contributed by atoms with Gasteiger partial charge in [0.05, 0.1) is 19.3 Å². The molecular weight excluding hydrogens is 392 g/mol. The van der Waals surface area contributed by atoms with Gasteiger partial charge in [0.15, 0.2) is 6.61 Å². The van der Waals surface area contributed by atoms with E-state index in [1.54, 1.807) is 25.2 Å². The summed E-state index contributed by atoms with van der Waals surface area (Å²) in [5, 5.41) is 5.29. The van der Waals surface area contributed by atoms with Gasteiger partial charge in [-0.15, -0.1) is 0 Å². The summed E-state index contributed by atoms with van der Waals surface area (Å²) in [5.41, 5.74) is 0.443. The van der Waals surface area contributed by atoms with Gasteiger partial charge in [-0.2, -0.15) is 0 Å². The van der Waals surface area contributed by atoms with Gasteiger partial charge in [0.2, 0.25) is 5.91 Å². The van der Waals surface area contributed by atoms with E-state index in [1.165, 1.54) is 12.0 Å². The van der Waals surface area contributed by atoms with Crippen molar-refractivity contribution in [3.8, 4) is 11.5 Å². The molecule has 0 saturated carbocycles. The minimum Gasteiger partial charge on any atom is -0.495 e. The van der Waals surface area contributed by atoms with Crippen molar-refractivity contribution in [2.24, 2.45) is 0 Å². The van der Waals surface area contributed by atoms with Gasteiger partial charge in [-0.3, -0.25) is 9.59 Å². The first-order chi connectivity index (χ1) is 14.0. The second-order valence-electron chi connectivity index (χ2n) is 6.44. The zero-order chi connectivity index (χ0) is 20.8. The highest BCUT2D eigenvalue weighted by Crippen LogP contribution is 2.27. The van der Waals surface area contributed by atoms with Gasteiger partial charge in [0, 0.05) is 12.1 Å². The van der Waals surface area contributed by atoms with Crippen LogP contribution >= 0.6 is 11.6 Å². The van der Waals surface area contributed by atoms with Crippen molar-refractivity contribution in [1.29, 1.82) is 0 Å². The van der Waals surface area contributed by atoms with Crippen molar-refractivity contribution >= 4 is 39.9 Å². The Kier molecular flexibility index (Phi) is 6.57. The van der Waals surface area contributed by atoms with Crippen LogP contribution < -0.4 is 14.8 Å². The topological polar surface area (TPSA) is 67.9 Å². The number of carbonyl (C=O) groups excluding carboxylic acids is 2. The summed E-state index contributed by atoms with van der Waals surface area (Å²) in [6, 6.07) is 18.4. The van der Waals surface area contributed by atoms with Crippen LogP contribution in [-0.2, 0) is 9.59 Å². The summed E-state index contributed by atoms with van der Waals surface area (Å²) < 4.78 is 10.8. The normalized spacial score (nSPS) is 10.4. The molecule has 7 heteroatoms. The number of halogens is 1. The monoisotopic (exact) mass is 412 g/mol. The van der Waals surface area contributed by atoms with Crippen LogP contribution in [0.1, 0.15) is 0 Å². The van der Waals surface area contributed by atoms with E-state index in [0.717, 1.165) is 10.8 Å². The highest BCUT2D eigenvalue weighted by molar-refractivity contribution is 6.31. The van der Waals surface area contributed by atoms with Gasteiger partial charge in [-0.25, -0.2) is 0 Å². The van der Waals surface area contributed by atoms with Gasteiger partial charge < -0.3 is 19.7 Å². The zero-order valence-electron chi connectivity index (χ0n) is 16.1. The number of nitrogens with zero attached hydrogens (tertiary/aromatic N) is 1. The second-order valence-corrected chi connectivity index (χ2v) is 6.88. The average Bonchev–Trinajstić information content (AvgIpc) is 2.71. The van der Waals surface area contributed by atoms with E-state index in [-0.39, 0.29) is 25.0 Å². The molecule has 0 unspecified atom stereocenters. The molecule has 0 heterocycles. The predicted molar refractivity (Wildman–Crippen MR) is 114 cm³/mol. The van der Waals surface area contributed by atoms with E-state index < -0.39 is 0 Å². The number of benzene rings is 3. The van der Waals surface area contributed by atoms with Crippen molar-refractivity contribution in [2.75, 3.05) is 32.6 Å². The largest absolute Gasteiger partial charge is 0.495 e. The first-order valence-electron chi connectivity index (χ1n) is 8.95. The molecule has 0 spiro atoms. The third-order valence-electron chi connectivity index (χ3n) is 4.33. The number of likely N-dealkylation sites (N-methyl/N-ethyl adjacent to an activating group) is 1. The van der Waals surface area contributed by atoms with Crippen molar-refractivity contribution < 1.29 is 19.1 Å². The fourth-order valence-electron chi connectivity index (χ4n) is 2.78. The van der Waals surface area contributed by atoms with Crippen molar-refractivity contribution in [3.63, 3.8) is 0 Å². The number of amides is 2. The number of nitrogens with one attached hydrogen (secondary N) is 1. The van der Waals surface area contributed by atoms with Crippen molar-refractivity contribution in [3.05, 3.63) is 65.7 Å². The molecule has 0 aliphatic rings. The lowest BCUT2D eigenvalue weighted by molar-refractivity contribution is -0.135. The Labute approximate surface area is 174 Å². The summed E-state index contributed by atoms with van der Waals surface area (Å²) in [7, 11) is 3.04. The van der Waals surface area contributed by atoms with Crippen LogP contribution in [0.5, 0.6) is 11.5 Å². The summed E-state index contributed by atoms with van der Waals surface area (Å²) in [6.07, 6.45) is 0. The third-order valence-corrected chi connectivity index (χ3v) is 4.56. The molecule has 150 valence electrons. The fraction of sp³-hybridized carbons (Fsp3) is 0.182. The molecule has 6 nitrogen and oxygen atoms in total. The maximum Gasteiger partial charge on any atom is 0.260 e. The molecule has 3 aromatic carbocycles. The van der Waals surface area contributed by atoms with Crippen LogP contribution in [0.15, 0.2) is 60.7 Å². The van der Waals surface area contributed by atoms with Crippen LogP contribution in [0.25, 0.3) is 10.8 Å². The van der Waals surface area contributed by atoms with E-state index in [4.69, 9.17) is 21.1 Å². The minimum atomic E-state index is -0.368. The third kappa shape index (κ3) is 5.39. The number of rotatable bonds is 7. The standard InChI is InChI=1S/C22H21ClN2O4/c1-25(13-21(26)24-19-12-17(23)8-10-20(19)28-2)22(27)14-29-18-9-7-15-5-3-4-6-16(15)11-18/h3-12H,13-14H2,1-2H3,(H,24,26). The van der Waals surface area contributed by atoms with Gasteiger partial charge in [-0.1, -0.05) is 41.9 Å². The SMILES string of the molecule is COc1ccc(Cl)cc1NC(=O)CN(C)C(=O)COc1ccc2ccccc2c1. The van der Waals surface area contributed by atoms with Gasteiger partial charge in [0.25, 0.3) is 5.91 Å². The number of hydrogen-bond donors (Lipinski definition) is 1. The summed E-state index contributed by atoms with van der Waals surface area (Å²) in [6.45, 7) is -0.293. The van der Waals surface area contributed by atoms with E-state index in [9.17, 15) is 9.59 Å². The molecule has 0 bridgehead atoms. The molecular formula is C22H21ClN2O4. The number of fused-ring (bicyclic) bond motifs is 1. The lowest BCUT2D eigenvalue weighted by atomic mass is 10.1. The van der Waals surface area contributed by atoms with Crippen LogP contribution in [0.2, 0.25) is 5.02 Å². The quantitative estimate of drug-likeness (QED) is 0.637. The molecule has 0 fully saturated rings. The maximum atomic E-state index is 12.3. The minimum absolute atomic E-state index is 0.129. The Morgan fingerprint density at radius 2 is 1.79 bits per heavy atom. The lowest BCUT2D eigenvalue weighted by Gasteiger charge is -2.18. The number of methoxy groups -OCH3 is 1. The molecule has 29 heavy (non-hydrogen) atoms. The molecule has 0 aromatic heterocycles. The predicted octanol–water partition coefficient (Wildman–Crippen LogP) is 3.98. The number of ether oxygens (including phenoxy) is 2. The lowest BCUT2D eigenvalue weighted by Crippen LogP contribution is -2.37. The van der Waals surface area contributed by atoms with E-state index >= 15 is 0 Å². The first-order valence-corrected chi connectivity index (χ1v) is 9.33. The fourth-order valence-corrected chi connectivity index (χ4v) is 2.96. The first kappa shape index (κ1) is 20.5. The van der Waals surface area contributed by atoms with E-state index in [1.807, 2.05) is 42.5 Å². The number of hydrogen-bond acceptors (Lipinski definition) is 4. The van der Waals surface area contributed by atoms with Crippen LogP contribution in [0.3, 0.4) is 0 Å². The van der Waals surface area contributed by atoms with Gasteiger partial charge in [-0.05, 0) is 41.1 Å². The van der Waals surface area contributed by atoms with Crippen LogP contribution in [0.4, 0.5) is 5.69 Å². The number of anilines is 1. The molecule has 3 aromatic rings. The Balaban J connectivity index is 1.54. The summed E-state index contributed by atoms with van der Waals surface area (Å²) >= 11 is 5.96. The molecule has 0 saturated heterocycles. The second kappa shape index (κ2) is 9.30. The van der Waals surface area contributed by atoms with Crippen LogP contribution in [-0.4, -0.2) is 44.0 Å². The summed E-state index contributed by atoms with van der Waals surface area (Å²) in [4.78, 5) is 25.9. The van der Waals surface area contributed by atoms with Crippen LogP contribution in [0, 0.1) is 0 Å². The highest BCUT2D eigenvalue weighted by atomic mass is 35.5. The molecule has 0 aliphatic carbocycles. The Bertz CT molecular complexity index is 1040. The van der Waals surface area contributed by atoms with Gasteiger partial charge >= 0.3 is 0 Å². The van der Waals surface area contributed by atoms with E-state index in [0.29, 0.717) is 22.2 Å². The van der Waals surface area contributed by atoms with E-state index in [2.05, 4.69) is 5.32 Å². The molecule has 2 amide bonds. The highest BCUT2D eigenvalue weighted by Gasteiger charge is 2.15. The van der Waals surface area contributed by atoms with Crippen molar-refractivity contribution in [2.45, 2.75) is 0 Å². The zero-order valence-corrected chi connectivity index (χ0v) is 16.9. The molecule has 0 aliphatic heterocycles. The Hall–Kier alpha value is -3.25. The maximum absolute atomic E-state index is 12.3.